The lowest BCUT2D eigenvalue weighted by atomic mass is 10.3. The number of carbonyl (C=O) groups excluding carboxylic acids is 1. The van der Waals surface area contributed by atoms with Crippen LogP contribution in [-0.4, -0.2) is 43.7 Å². The van der Waals surface area contributed by atoms with Crippen LogP contribution in [-0.2, 0) is 4.79 Å². The molecule has 148 valence electrons. The minimum Gasteiger partial charge on any atom is -0.497 e. The Morgan fingerprint density at radius 2 is 2.14 bits per heavy atom. The summed E-state index contributed by atoms with van der Waals surface area (Å²) in [6.45, 7) is 1.73. The van der Waals surface area contributed by atoms with E-state index in [0.29, 0.717) is 33.5 Å². The maximum absolute atomic E-state index is 12.4. The van der Waals surface area contributed by atoms with Gasteiger partial charge in [0.2, 0.25) is 5.91 Å². The normalized spacial score (nSPS) is 11.0. The molecule has 0 bridgehead atoms. The Kier molecular flexibility index (Phi) is 5.04. The van der Waals surface area contributed by atoms with Crippen molar-refractivity contribution in [1.29, 1.82) is 0 Å². The highest BCUT2D eigenvalue weighted by Gasteiger charge is 2.14. The van der Waals surface area contributed by atoms with E-state index < -0.39 is 0 Å². The third-order valence-corrected chi connectivity index (χ3v) is 4.84. The van der Waals surface area contributed by atoms with Gasteiger partial charge in [-0.15, -0.1) is 0 Å². The Hall–Kier alpha value is -3.60. The van der Waals surface area contributed by atoms with Crippen molar-refractivity contribution in [2.24, 2.45) is 0 Å². The molecule has 0 radical (unpaired) electrons. The number of aryl methyl sites for hydroxylation is 1. The van der Waals surface area contributed by atoms with E-state index in [9.17, 15) is 9.59 Å². The number of thioether (sulfide) groups is 1. The molecule has 0 atom stereocenters. The number of nitrogens with zero attached hydrogens (tertiary/aromatic N) is 4. The van der Waals surface area contributed by atoms with E-state index in [4.69, 9.17) is 9.26 Å². The fourth-order valence-corrected chi connectivity index (χ4v) is 3.27. The summed E-state index contributed by atoms with van der Waals surface area (Å²) in [5.74, 6) is 1.38. The van der Waals surface area contributed by atoms with Gasteiger partial charge in [0.05, 0.1) is 24.7 Å². The average molecular weight is 412 g/mol. The van der Waals surface area contributed by atoms with E-state index in [1.807, 2.05) is 12.1 Å². The van der Waals surface area contributed by atoms with Gasteiger partial charge >= 0.3 is 0 Å². The van der Waals surface area contributed by atoms with Gasteiger partial charge in [0, 0.05) is 6.07 Å². The summed E-state index contributed by atoms with van der Waals surface area (Å²) < 4.78 is 11.6. The molecule has 0 fully saturated rings. The van der Waals surface area contributed by atoms with Gasteiger partial charge in [-0.2, -0.15) is 5.10 Å². The molecule has 11 heteroatoms. The standard InChI is InChI=1S/C18H16N6O4S/c1-10-7-14(23-28-10)20-15(25)9-29-18-21-16-13(17(26)22-18)8-19-24(16)11-3-5-12(27-2)6-4-11/h3-8H,9H2,1-2H3,(H,20,23,25)(H,21,22,26). The van der Waals surface area contributed by atoms with Crippen LogP contribution in [0.15, 0.2) is 51.0 Å². The first-order chi connectivity index (χ1) is 14.0. The number of amides is 1. The van der Waals surface area contributed by atoms with Crippen LogP contribution >= 0.6 is 11.8 Å². The van der Waals surface area contributed by atoms with Gasteiger partial charge < -0.3 is 19.6 Å². The zero-order chi connectivity index (χ0) is 20.4. The number of aromatic nitrogens is 5. The van der Waals surface area contributed by atoms with Crippen molar-refractivity contribution in [2.75, 3.05) is 18.2 Å². The highest BCUT2D eigenvalue weighted by Crippen LogP contribution is 2.20. The maximum Gasteiger partial charge on any atom is 0.262 e. The van der Waals surface area contributed by atoms with Gasteiger partial charge in [0.1, 0.15) is 16.9 Å². The number of aromatic amines is 1. The van der Waals surface area contributed by atoms with E-state index in [-0.39, 0.29) is 17.2 Å². The molecule has 10 nitrogen and oxygen atoms in total. The number of methoxy groups -OCH3 is 1. The Labute approximate surface area is 168 Å². The number of hydrogen-bond acceptors (Lipinski definition) is 8. The zero-order valence-corrected chi connectivity index (χ0v) is 16.3. The van der Waals surface area contributed by atoms with Crippen molar-refractivity contribution in [2.45, 2.75) is 12.1 Å². The van der Waals surface area contributed by atoms with Gasteiger partial charge in [-0.25, -0.2) is 9.67 Å². The number of nitrogens with one attached hydrogen (secondary N) is 2. The highest BCUT2D eigenvalue weighted by molar-refractivity contribution is 7.99. The van der Waals surface area contributed by atoms with Gasteiger partial charge in [-0.3, -0.25) is 9.59 Å². The third kappa shape index (κ3) is 3.99. The Morgan fingerprint density at radius 3 is 2.83 bits per heavy atom. The minimum absolute atomic E-state index is 0.0387. The first-order valence-corrected chi connectivity index (χ1v) is 9.50. The highest BCUT2D eigenvalue weighted by atomic mass is 32.2. The van der Waals surface area contributed by atoms with Gasteiger partial charge in [0.25, 0.3) is 5.56 Å². The lowest BCUT2D eigenvalue weighted by Crippen LogP contribution is -2.15. The molecule has 0 aliphatic carbocycles. The van der Waals surface area contributed by atoms with Crippen molar-refractivity contribution >= 4 is 34.5 Å². The Bertz CT molecular complexity index is 1230. The molecular formula is C18H16N6O4S. The number of anilines is 1. The monoisotopic (exact) mass is 412 g/mol. The first-order valence-electron chi connectivity index (χ1n) is 8.52. The van der Waals surface area contributed by atoms with Crippen molar-refractivity contribution in [3.8, 4) is 11.4 Å². The molecule has 0 unspecified atom stereocenters. The van der Waals surface area contributed by atoms with Crippen molar-refractivity contribution in [3.63, 3.8) is 0 Å². The summed E-state index contributed by atoms with van der Waals surface area (Å²) in [6, 6.07) is 8.83. The van der Waals surface area contributed by atoms with Crippen LogP contribution in [0, 0.1) is 6.92 Å². The molecule has 1 amide bonds. The average Bonchev–Trinajstić information content (AvgIpc) is 3.33. The predicted octanol–water partition coefficient (Wildman–Crippen LogP) is 2.14. The number of carbonyl (C=O) groups is 1. The molecule has 1 aromatic carbocycles. The van der Waals surface area contributed by atoms with E-state index >= 15 is 0 Å². The minimum atomic E-state index is -0.329. The summed E-state index contributed by atoms with van der Waals surface area (Å²) in [5, 5.41) is 11.2. The number of hydrogen-bond donors (Lipinski definition) is 2. The fraction of sp³-hybridized carbons (Fsp3) is 0.167. The molecule has 0 aliphatic heterocycles. The Balaban J connectivity index is 1.55. The van der Waals surface area contributed by atoms with E-state index in [1.165, 1.54) is 6.20 Å². The van der Waals surface area contributed by atoms with Crippen LogP contribution in [0.1, 0.15) is 5.76 Å². The largest absolute Gasteiger partial charge is 0.497 e. The molecule has 3 aromatic heterocycles. The van der Waals surface area contributed by atoms with Crippen LogP contribution in [0.5, 0.6) is 5.75 Å². The van der Waals surface area contributed by atoms with E-state index in [2.05, 4.69) is 25.5 Å². The summed E-state index contributed by atoms with van der Waals surface area (Å²) in [7, 11) is 1.59. The molecule has 0 spiro atoms. The smallest absolute Gasteiger partial charge is 0.262 e. The van der Waals surface area contributed by atoms with Gasteiger partial charge in [-0.05, 0) is 31.2 Å². The molecule has 4 rings (SSSR count). The summed E-state index contributed by atoms with van der Waals surface area (Å²) in [6.07, 6.45) is 1.46. The molecule has 29 heavy (non-hydrogen) atoms. The van der Waals surface area contributed by atoms with Crippen molar-refractivity contribution < 1.29 is 14.1 Å². The SMILES string of the molecule is COc1ccc(-n2ncc3c(=O)[nH]c(SCC(=O)Nc4cc(C)on4)nc32)cc1. The lowest BCUT2D eigenvalue weighted by Gasteiger charge is -2.06. The number of ether oxygens (including phenoxy) is 1. The van der Waals surface area contributed by atoms with Crippen molar-refractivity contribution in [1.82, 2.24) is 24.9 Å². The first kappa shape index (κ1) is 18.7. The molecule has 2 N–H and O–H groups in total. The molecule has 3 heterocycles. The van der Waals surface area contributed by atoms with Crippen LogP contribution in [0.4, 0.5) is 5.82 Å². The van der Waals surface area contributed by atoms with E-state index in [1.54, 1.807) is 36.9 Å². The van der Waals surface area contributed by atoms with Crippen LogP contribution < -0.4 is 15.6 Å². The number of benzene rings is 1. The topological polar surface area (TPSA) is 128 Å². The maximum atomic E-state index is 12.4. The summed E-state index contributed by atoms with van der Waals surface area (Å²) in [4.78, 5) is 31.6. The lowest BCUT2D eigenvalue weighted by molar-refractivity contribution is -0.113. The zero-order valence-electron chi connectivity index (χ0n) is 15.5. The fourth-order valence-electron chi connectivity index (χ4n) is 2.62. The second-order valence-corrected chi connectivity index (χ2v) is 6.99. The number of H-pyrrole nitrogens is 1. The molecule has 0 aliphatic rings. The third-order valence-electron chi connectivity index (χ3n) is 3.97. The van der Waals surface area contributed by atoms with Crippen LogP contribution in [0.25, 0.3) is 16.7 Å². The Morgan fingerprint density at radius 1 is 1.34 bits per heavy atom. The second-order valence-electron chi connectivity index (χ2n) is 6.02. The predicted molar refractivity (Wildman–Crippen MR) is 107 cm³/mol. The molecule has 4 aromatic rings. The molecular weight excluding hydrogens is 396 g/mol. The van der Waals surface area contributed by atoms with Crippen LogP contribution in [0.3, 0.4) is 0 Å². The summed E-state index contributed by atoms with van der Waals surface area (Å²) in [5.41, 5.74) is 0.799. The van der Waals surface area contributed by atoms with Gasteiger partial charge in [-0.1, -0.05) is 16.9 Å². The second kappa shape index (κ2) is 7.80. The number of rotatable bonds is 6. The van der Waals surface area contributed by atoms with E-state index in [0.717, 1.165) is 17.4 Å². The number of fused-ring (bicyclic) bond motifs is 1. The molecule has 0 saturated carbocycles. The van der Waals surface area contributed by atoms with Crippen molar-refractivity contribution in [3.05, 3.63) is 52.6 Å². The molecule has 0 saturated heterocycles. The van der Waals surface area contributed by atoms with Gasteiger partial charge in [0.15, 0.2) is 16.6 Å². The summed E-state index contributed by atoms with van der Waals surface area (Å²) >= 11 is 1.10. The van der Waals surface area contributed by atoms with Crippen LogP contribution in [0.2, 0.25) is 0 Å². The quantitative estimate of drug-likeness (QED) is 0.364.